The van der Waals surface area contributed by atoms with Gasteiger partial charge in [-0.2, -0.15) is 0 Å². The van der Waals surface area contributed by atoms with Crippen molar-refractivity contribution in [2.75, 3.05) is 32.7 Å². The third-order valence-corrected chi connectivity index (χ3v) is 5.16. The Morgan fingerprint density at radius 1 is 1.29 bits per heavy atom. The van der Waals surface area contributed by atoms with E-state index in [1.54, 1.807) is 0 Å². The number of aromatic nitrogens is 3. The van der Waals surface area contributed by atoms with Crippen molar-refractivity contribution in [3.05, 3.63) is 59.2 Å². The molecule has 2 heterocycles. The number of nitrogens with one attached hydrogen (secondary N) is 1. The van der Waals surface area contributed by atoms with Crippen molar-refractivity contribution in [2.45, 2.75) is 20.0 Å². The van der Waals surface area contributed by atoms with E-state index in [1.165, 1.54) is 5.56 Å². The highest BCUT2D eigenvalue weighted by atomic mass is 35.5. The van der Waals surface area contributed by atoms with E-state index in [4.69, 9.17) is 16.6 Å². The summed E-state index contributed by atoms with van der Waals surface area (Å²) >= 11 is 6.10. The first-order valence-electron chi connectivity index (χ1n) is 9.52. The SMILES string of the molecule is C=CCNC(=NCc1nnc(C)n1C)N1CCN(Cc2cccc(Cl)c2)CC1. The van der Waals surface area contributed by atoms with Crippen molar-refractivity contribution in [1.82, 2.24) is 29.9 Å². The number of aliphatic imine (C=N–C) groups is 1. The van der Waals surface area contributed by atoms with E-state index in [-0.39, 0.29) is 0 Å². The topological polar surface area (TPSA) is 61.6 Å². The predicted molar refractivity (Wildman–Crippen MR) is 113 cm³/mol. The van der Waals surface area contributed by atoms with Crippen LogP contribution in [-0.4, -0.2) is 63.2 Å². The maximum atomic E-state index is 6.10. The molecule has 0 amide bonds. The lowest BCUT2D eigenvalue weighted by atomic mass is 10.2. The van der Waals surface area contributed by atoms with Crippen molar-refractivity contribution in [3.8, 4) is 0 Å². The predicted octanol–water partition coefficient (Wildman–Crippen LogP) is 2.23. The Balaban J connectivity index is 1.60. The van der Waals surface area contributed by atoms with Crippen LogP contribution in [0.25, 0.3) is 0 Å². The first-order chi connectivity index (χ1) is 13.6. The lowest BCUT2D eigenvalue weighted by Crippen LogP contribution is -2.52. The van der Waals surface area contributed by atoms with Gasteiger partial charge in [0, 0.05) is 51.3 Å². The van der Waals surface area contributed by atoms with Gasteiger partial charge in [-0.05, 0) is 24.6 Å². The van der Waals surface area contributed by atoms with Gasteiger partial charge in [-0.3, -0.25) is 4.90 Å². The quantitative estimate of drug-likeness (QED) is 0.457. The zero-order valence-corrected chi connectivity index (χ0v) is 17.4. The summed E-state index contributed by atoms with van der Waals surface area (Å²) in [5.74, 6) is 2.64. The van der Waals surface area contributed by atoms with Crippen LogP contribution in [0, 0.1) is 6.92 Å². The molecule has 1 aromatic carbocycles. The molecule has 1 aromatic heterocycles. The third-order valence-electron chi connectivity index (χ3n) is 4.92. The molecule has 0 spiro atoms. The van der Waals surface area contributed by atoms with Gasteiger partial charge in [-0.1, -0.05) is 29.8 Å². The average Bonchev–Trinajstić information content (AvgIpc) is 3.01. The van der Waals surface area contributed by atoms with E-state index in [0.717, 1.165) is 55.4 Å². The second-order valence-electron chi connectivity index (χ2n) is 6.92. The molecule has 2 aromatic rings. The lowest BCUT2D eigenvalue weighted by molar-refractivity contribution is 0.172. The van der Waals surface area contributed by atoms with Gasteiger partial charge in [-0.25, -0.2) is 4.99 Å². The maximum absolute atomic E-state index is 6.10. The molecule has 0 atom stereocenters. The summed E-state index contributed by atoms with van der Waals surface area (Å²) in [4.78, 5) is 9.51. The fourth-order valence-electron chi connectivity index (χ4n) is 3.18. The Labute approximate surface area is 171 Å². The molecule has 0 unspecified atom stereocenters. The standard InChI is InChI=1S/C20H28ClN7/c1-4-8-22-20(23-14-19-25-24-16(2)26(19)3)28-11-9-27(10-12-28)15-17-6-5-7-18(21)13-17/h4-7,13H,1,8-12,14-15H2,2-3H3,(H,22,23). The molecule has 3 rings (SSSR count). The lowest BCUT2D eigenvalue weighted by Gasteiger charge is -2.36. The molecule has 1 fully saturated rings. The Morgan fingerprint density at radius 2 is 2.07 bits per heavy atom. The average molecular weight is 402 g/mol. The molecule has 8 heteroatoms. The summed E-state index contributed by atoms with van der Waals surface area (Å²) in [5.41, 5.74) is 1.25. The summed E-state index contributed by atoms with van der Waals surface area (Å²) < 4.78 is 1.97. The minimum Gasteiger partial charge on any atom is -0.353 e. The number of nitrogens with zero attached hydrogens (tertiary/aromatic N) is 6. The number of benzene rings is 1. The Bertz CT molecular complexity index is 822. The second kappa shape index (κ2) is 9.71. The minimum atomic E-state index is 0.500. The monoisotopic (exact) mass is 401 g/mol. The molecular weight excluding hydrogens is 374 g/mol. The smallest absolute Gasteiger partial charge is 0.194 e. The normalized spacial score (nSPS) is 15.7. The van der Waals surface area contributed by atoms with Gasteiger partial charge in [0.2, 0.25) is 0 Å². The number of aryl methyl sites for hydroxylation is 1. The zero-order chi connectivity index (χ0) is 19.9. The van der Waals surface area contributed by atoms with Crippen LogP contribution in [0.4, 0.5) is 0 Å². The van der Waals surface area contributed by atoms with Crippen LogP contribution in [0.1, 0.15) is 17.2 Å². The Kier molecular flexibility index (Phi) is 7.06. The maximum Gasteiger partial charge on any atom is 0.194 e. The van der Waals surface area contributed by atoms with Crippen LogP contribution < -0.4 is 5.32 Å². The van der Waals surface area contributed by atoms with Gasteiger partial charge < -0.3 is 14.8 Å². The fourth-order valence-corrected chi connectivity index (χ4v) is 3.39. The highest BCUT2D eigenvalue weighted by molar-refractivity contribution is 6.30. The first kappa shape index (κ1) is 20.4. The molecule has 0 bridgehead atoms. The largest absolute Gasteiger partial charge is 0.353 e. The highest BCUT2D eigenvalue weighted by Crippen LogP contribution is 2.14. The van der Waals surface area contributed by atoms with Crippen molar-refractivity contribution in [3.63, 3.8) is 0 Å². The molecule has 28 heavy (non-hydrogen) atoms. The van der Waals surface area contributed by atoms with E-state index in [2.05, 4.69) is 38.0 Å². The van der Waals surface area contributed by atoms with E-state index >= 15 is 0 Å². The highest BCUT2D eigenvalue weighted by Gasteiger charge is 2.20. The second-order valence-corrected chi connectivity index (χ2v) is 7.36. The minimum absolute atomic E-state index is 0.500. The third kappa shape index (κ3) is 5.33. The molecule has 1 N–H and O–H groups in total. The molecule has 0 aliphatic carbocycles. The van der Waals surface area contributed by atoms with Crippen LogP contribution in [0.15, 0.2) is 41.9 Å². The van der Waals surface area contributed by atoms with E-state index in [0.29, 0.717) is 13.1 Å². The van der Waals surface area contributed by atoms with E-state index in [1.807, 2.05) is 42.8 Å². The molecule has 1 aliphatic heterocycles. The molecular formula is C20H28ClN7. The van der Waals surface area contributed by atoms with Gasteiger partial charge in [0.15, 0.2) is 11.8 Å². The first-order valence-corrected chi connectivity index (χ1v) is 9.90. The van der Waals surface area contributed by atoms with Gasteiger partial charge in [-0.15, -0.1) is 16.8 Å². The fraction of sp³-hybridized carbons (Fsp3) is 0.450. The van der Waals surface area contributed by atoms with Crippen molar-refractivity contribution in [2.24, 2.45) is 12.0 Å². The van der Waals surface area contributed by atoms with Crippen LogP contribution in [0.3, 0.4) is 0 Å². The molecule has 0 saturated carbocycles. The number of hydrogen-bond acceptors (Lipinski definition) is 4. The summed E-state index contributed by atoms with van der Waals surface area (Å²) in [5, 5.41) is 12.5. The van der Waals surface area contributed by atoms with Gasteiger partial charge >= 0.3 is 0 Å². The summed E-state index contributed by atoms with van der Waals surface area (Å²) in [6.45, 7) is 11.6. The number of halogens is 1. The number of piperazine rings is 1. The molecule has 1 aliphatic rings. The van der Waals surface area contributed by atoms with Gasteiger partial charge in [0.1, 0.15) is 12.4 Å². The van der Waals surface area contributed by atoms with E-state index in [9.17, 15) is 0 Å². The van der Waals surface area contributed by atoms with Crippen LogP contribution in [0.5, 0.6) is 0 Å². The number of hydrogen-bond donors (Lipinski definition) is 1. The van der Waals surface area contributed by atoms with E-state index < -0.39 is 0 Å². The number of rotatable bonds is 6. The van der Waals surface area contributed by atoms with Gasteiger partial charge in [0.05, 0.1) is 0 Å². The van der Waals surface area contributed by atoms with Crippen LogP contribution >= 0.6 is 11.6 Å². The molecule has 1 saturated heterocycles. The van der Waals surface area contributed by atoms with Crippen molar-refractivity contribution in [1.29, 1.82) is 0 Å². The molecule has 0 radical (unpaired) electrons. The number of guanidine groups is 1. The van der Waals surface area contributed by atoms with Crippen LogP contribution in [0.2, 0.25) is 5.02 Å². The Morgan fingerprint density at radius 3 is 2.71 bits per heavy atom. The summed E-state index contributed by atoms with van der Waals surface area (Å²) in [6.07, 6.45) is 1.84. The summed E-state index contributed by atoms with van der Waals surface area (Å²) in [7, 11) is 1.96. The molecule has 7 nitrogen and oxygen atoms in total. The Hall–Kier alpha value is -2.38. The van der Waals surface area contributed by atoms with Crippen molar-refractivity contribution < 1.29 is 0 Å². The summed E-state index contributed by atoms with van der Waals surface area (Å²) in [6, 6.07) is 8.08. The zero-order valence-electron chi connectivity index (χ0n) is 16.6. The molecule has 150 valence electrons. The van der Waals surface area contributed by atoms with Crippen LogP contribution in [-0.2, 0) is 20.1 Å². The van der Waals surface area contributed by atoms with Gasteiger partial charge in [0.25, 0.3) is 0 Å². The van der Waals surface area contributed by atoms with Crippen molar-refractivity contribution >= 4 is 17.6 Å².